The number of nitrogens with zero attached hydrogens (tertiary/aromatic N) is 1. The first-order valence-corrected chi connectivity index (χ1v) is 5.29. The predicted molar refractivity (Wildman–Crippen MR) is 59.6 cm³/mol. The third-order valence-corrected chi connectivity index (χ3v) is 2.90. The first-order chi connectivity index (χ1) is 8.30. The van der Waals surface area contributed by atoms with E-state index in [-0.39, 0.29) is 16.9 Å². The van der Waals surface area contributed by atoms with Crippen molar-refractivity contribution in [3.05, 3.63) is 23.3 Å². The van der Waals surface area contributed by atoms with Gasteiger partial charge in [-0.1, -0.05) is 0 Å². The van der Waals surface area contributed by atoms with Crippen LogP contribution in [0, 0.1) is 0 Å². The molecule has 0 aromatic heterocycles. The molecule has 2 rings (SSSR count). The van der Waals surface area contributed by atoms with Gasteiger partial charge in [-0.2, -0.15) is 13.2 Å². The second kappa shape index (κ2) is 4.08. The van der Waals surface area contributed by atoms with Crippen molar-refractivity contribution >= 4 is 17.3 Å². The first-order valence-electron chi connectivity index (χ1n) is 5.29. The van der Waals surface area contributed by atoms with E-state index in [1.54, 1.807) is 0 Å². The zero-order valence-electron chi connectivity index (χ0n) is 9.29. The normalized spacial score (nSPS) is 15.4. The van der Waals surface area contributed by atoms with E-state index in [1.807, 2.05) is 0 Å². The maximum absolute atomic E-state index is 12.9. The maximum atomic E-state index is 12.9. The smallest absolute Gasteiger partial charge is 0.418 e. The Morgan fingerprint density at radius 2 is 1.94 bits per heavy atom. The molecule has 0 spiro atoms. The molecule has 1 aliphatic rings. The van der Waals surface area contributed by atoms with Gasteiger partial charge in [0.15, 0.2) is 0 Å². The van der Waals surface area contributed by atoms with E-state index < -0.39 is 17.7 Å². The maximum Gasteiger partial charge on any atom is 0.418 e. The molecule has 3 N–H and O–H groups in total. The molecule has 1 aromatic rings. The molecule has 0 saturated carbocycles. The molecular weight excluding hydrogens is 249 g/mol. The number of nitrogens with two attached hydrogens (primary N) is 1. The minimum absolute atomic E-state index is 0.111. The summed E-state index contributed by atoms with van der Waals surface area (Å²) < 4.78 is 38.6. The lowest BCUT2D eigenvalue weighted by molar-refractivity contribution is -0.137. The van der Waals surface area contributed by atoms with E-state index in [1.165, 1.54) is 4.90 Å². The number of carbonyl (C=O) groups is 1. The third kappa shape index (κ3) is 2.07. The molecule has 0 atom stereocenters. The van der Waals surface area contributed by atoms with Crippen LogP contribution in [0.2, 0.25) is 0 Å². The lowest BCUT2D eigenvalue weighted by Crippen LogP contribution is -2.38. The van der Waals surface area contributed by atoms with Gasteiger partial charge < -0.3 is 15.7 Å². The Morgan fingerprint density at radius 1 is 1.33 bits per heavy atom. The van der Waals surface area contributed by atoms with Crippen LogP contribution in [0.15, 0.2) is 12.1 Å². The summed E-state index contributed by atoms with van der Waals surface area (Å²) in [6, 6.07) is 1.69. The number of alkyl halides is 3. The summed E-state index contributed by atoms with van der Waals surface area (Å²) in [6.45, 7) is 0.984. The van der Waals surface area contributed by atoms with Crippen LogP contribution >= 0.6 is 0 Å². The largest absolute Gasteiger partial charge is 0.478 e. The number of anilines is 2. The van der Waals surface area contributed by atoms with E-state index in [2.05, 4.69) is 0 Å². The van der Waals surface area contributed by atoms with Gasteiger partial charge in [0.1, 0.15) is 0 Å². The zero-order valence-corrected chi connectivity index (χ0v) is 9.29. The summed E-state index contributed by atoms with van der Waals surface area (Å²) in [4.78, 5) is 12.4. The average molecular weight is 260 g/mol. The Kier molecular flexibility index (Phi) is 2.84. The molecular formula is C11H11F3N2O2. The van der Waals surface area contributed by atoms with Gasteiger partial charge in [0.05, 0.1) is 11.1 Å². The Morgan fingerprint density at radius 3 is 2.33 bits per heavy atom. The van der Waals surface area contributed by atoms with Crippen LogP contribution < -0.4 is 10.6 Å². The lowest BCUT2D eigenvalue weighted by atomic mass is 10.0. The van der Waals surface area contributed by atoms with Crippen molar-refractivity contribution in [3.63, 3.8) is 0 Å². The number of carboxylic acids is 1. The molecule has 18 heavy (non-hydrogen) atoms. The SMILES string of the molecule is Nc1cc(C(F)(F)F)c(N2CCC2)cc1C(=O)O. The van der Waals surface area contributed by atoms with E-state index in [4.69, 9.17) is 10.8 Å². The van der Waals surface area contributed by atoms with Crippen LogP contribution in [-0.2, 0) is 6.18 Å². The highest BCUT2D eigenvalue weighted by Crippen LogP contribution is 2.40. The van der Waals surface area contributed by atoms with Crippen molar-refractivity contribution in [2.75, 3.05) is 23.7 Å². The van der Waals surface area contributed by atoms with Gasteiger partial charge >= 0.3 is 12.1 Å². The molecule has 1 saturated heterocycles. The summed E-state index contributed by atoms with van der Waals surface area (Å²) in [5, 5.41) is 8.88. The third-order valence-electron chi connectivity index (χ3n) is 2.90. The van der Waals surface area contributed by atoms with Crippen molar-refractivity contribution in [1.29, 1.82) is 0 Å². The Labute approximate surface area is 101 Å². The van der Waals surface area contributed by atoms with Gasteiger partial charge in [-0.3, -0.25) is 0 Å². The Hall–Kier alpha value is -1.92. The predicted octanol–water partition coefficient (Wildman–Crippen LogP) is 2.20. The molecule has 1 aromatic carbocycles. The van der Waals surface area contributed by atoms with Crippen molar-refractivity contribution in [3.8, 4) is 0 Å². The number of carboxylic acid groups (broad SMARTS) is 1. The molecule has 98 valence electrons. The molecule has 0 amide bonds. The summed E-state index contributed by atoms with van der Waals surface area (Å²) in [5.74, 6) is -1.33. The number of hydrogen-bond donors (Lipinski definition) is 2. The zero-order chi connectivity index (χ0) is 13.5. The Balaban J connectivity index is 2.58. The highest BCUT2D eigenvalue weighted by molar-refractivity contribution is 5.95. The van der Waals surface area contributed by atoms with Crippen molar-refractivity contribution < 1.29 is 23.1 Å². The summed E-state index contributed by atoms with van der Waals surface area (Å²) in [6.07, 6.45) is -3.75. The number of nitrogen functional groups attached to an aromatic ring is 1. The van der Waals surface area contributed by atoms with Gasteiger partial charge in [-0.15, -0.1) is 0 Å². The number of aromatic carboxylic acids is 1. The van der Waals surface area contributed by atoms with Gasteiger partial charge in [0.25, 0.3) is 0 Å². The highest BCUT2D eigenvalue weighted by Gasteiger charge is 2.37. The molecule has 1 fully saturated rings. The number of hydrogen-bond acceptors (Lipinski definition) is 3. The summed E-state index contributed by atoms with van der Waals surface area (Å²) >= 11 is 0. The van der Waals surface area contributed by atoms with E-state index >= 15 is 0 Å². The summed E-state index contributed by atoms with van der Waals surface area (Å²) in [7, 11) is 0. The number of rotatable bonds is 2. The topological polar surface area (TPSA) is 66.6 Å². The van der Waals surface area contributed by atoms with E-state index in [0.29, 0.717) is 19.2 Å². The molecule has 4 nitrogen and oxygen atoms in total. The van der Waals surface area contributed by atoms with Gasteiger partial charge in [-0.05, 0) is 18.6 Å². The first kappa shape index (κ1) is 12.5. The lowest BCUT2D eigenvalue weighted by Gasteiger charge is -2.35. The van der Waals surface area contributed by atoms with Crippen LogP contribution in [0.25, 0.3) is 0 Å². The van der Waals surface area contributed by atoms with Gasteiger partial charge in [0.2, 0.25) is 0 Å². The fourth-order valence-corrected chi connectivity index (χ4v) is 1.84. The molecule has 1 aliphatic heterocycles. The molecule has 7 heteroatoms. The molecule has 0 aliphatic carbocycles. The van der Waals surface area contributed by atoms with Crippen LogP contribution in [0.1, 0.15) is 22.3 Å². The van der Waals surface area contributed by atoms with E-state index in [0.717, 1.165) is 12.5 Å². The molecule has 1 heterocycles. The van der Waals surface area contributed by atoms with Crippen LogP contribution in [0.5, 0.6) is 0 Å². The minimum Gasteiger partial charge on any atom is -0.478 e. The number of halogens is 3. The molecule has 0 bridgehead atoms. The average Bonchev–Trinajstić information content (AvgIpc) is 2.15. The summed E-state index contributed by atoms with van der Waals surface area (Å²) in [5.41, 5.74) is 3.68. The monoisotopic (exact) mass is 260 g/mol. The van der Waals surface area contributed by atoms with Crippen molar-refractivity contribution in [2.45, 2.75) is 12.6 Å². The fraction of sp³-hybridized carbons (Fsp3) is 0.364. The van der Waals surface area contributed by atoms with Gasteiger partial charge in [-0.25, -0.2) is 4.79 Å². The van der Waals surface area contributed by atoms with Crippen LogP contribution in [0.3, 0.4) is 0 Å². The van der Waals surface area contributed by atoms with Crippen LogP contribution in [0.4, 0.5) is 24.5 Å². The minimum atomic E-state index is -4.55. The highest BCUT2D eigenvalue weighted by atomic mass is 19.4. The quantitative estimate of drug-likeness (QED) is 0.800. The second-order valence-corrected chi connectivity index (χ2v) is 4.10. The molecule has 0 radical (unpaired) electrons. The fourth-order valence-electron chi connectivity index (χ4n) is 1.84. The Bertz CT molecular complexity index is 496. The van der Waals surface area contributed by atoms with Crippen molar-refractivity contribution in [2.24, 2.45) is 0 Å². The second-order valence-electron chi connectivity index (χ2n) is 4.10. The number of benzene rings is 1. The van der Waals surface area contributed by atoms with Crippen LogP contribution in [-0.4, -0.2) is 24.2 Å². The molecule has 0 unspecified atom stereocenters. The van der Waals surface area contributed by atoms with Crippen molar-refractivity contribution in [1.82, 2.24) is 0 Å². The van der Waals surface area contributed by atoms with E-state index in [9.17, 15) is 18.0 Å². The van der Waals surface area contributed by atoms with Gasteiger partial charge in [0, 0.05) is 24.5 Å². The standard InChI is InChI=1S/C11H11F3N2O2/c12-11(13,14)7-5-8(15)6(10(17)18)4-9(7)16-2-1-3-16/h4-5H,1-3,15H2,(H,17,18).